The molecule has 8 nitrogen and oxygen atoms in total. The summed E-state index contributed by atoms with van der Waals surface area (Å²) < 4.78 is 10.5. The molecule has 0 bridgehead atoms. The molecule has 12 heteroatoms. The van der Waals surface area contributed by atoms with Crippen molar-refractivity contribution in [3.8, 4) is 0 Å². The van der Waals surface area contributed by atoms with E-state index in [0.29, 0.717) is 15.8 Å². The van der Waals surface area contributed by atoms with Crippen molar-refractivity contribution in [1.29, 1.82) is 0 Å². The summed E-state index contributed by atoms with van der Waals surface area (Å²) in [7, 11) is 0. The van der Waals surface area contributed by atoms with Gasteiger partial charge in [0.15, 0.2) is 11.4 Å². The number of halogens is 2. The number of hydrogen-bond donors (Lipinski definition) is 0. The van der Waals surface area contributed by atoms with Crippen LogP contribution in [-0.4, -0.2) is 46.1 Å². The van der Waals surface area contributed by atoms with E-state index in [2.05, 4.69) is 0 Å². The lowest BCUT2D eigenvalue weighted by Crippen LogP contribution is -2.50. The van der Waals surface area contributed by atoms with Gasteiger partial charge in [-0.1, -0.05) is 29.3 Å². The number of carbonyl (C=O) groups excluding carboxylic acids is 2. The van der Waals surface area contributed by atoms with Crippen LogP contribution >= 0.6 is 46.3 Å². The van der Waals surface area contributed by atoms with E-state index >= 15 is 0 Å². The molecular weight excluding hydrogens is 567 g/mol. The van der Waals surface area contributed by atoms with Gasteiger partial charge in [0.1, 0.15) is 23.3 Å². The zero-order chi connectivity index (χ0) is 26.0. The SMILES string of the molecule is O=C(OCc1cccs1)C1=NN(c2ccc(Cl)cc2)[C@H]2S[C@]34COC(=O)C3=NN(c3ccc(Cl)cc3)[C@@H]4[C@@H]12. The van der Waals surface area contributed by atoms with Crippen molar-refractivity contribution in [3.63, 3.8) is 0 Å². The highest BCUT2D eigenvalue weighted by Crippen LogP contribution is 2.59. The van der Waals surface area contributed by atoms with E-state index in [1.165, 1.54) is 11.3 Å². The number of rotatable bonds is 5. The molecule has 0 N–H and O–H groups in total. The van der Waals surface area contributed by atoms with E-state index in [1.54, 1.807) is 36.0 Å². The number of cyclic esters (lactones) is 1. The number of hydrogen-bond acceptors (Lipinski definition) is 10. The summed E-state index contributed by atoms with van der Waals surface area (Å²) in [5.41, 5.74) is 2.16. The molecule has 4 atom stereocenters. The standard InChI is InChI=1S/C26H18Cl2N4O4S2/c27-14-3-7-16(8-4-14)31-22-19-20(24(33)35-12-18-2-1-11-37-18)29-32(17-9-5-15(28)6-10-17)23(19)38-26(22)13-36-25(34)21(26)30-31/h1-11,19,22-23H,12-13H2/t19-,22-,23+,26-/m1/s1. The maximum atomic E-state index is 13.6. The number of esters is 2. The van der Waals surface area contributed by atoms with Gasteiger partial charge in [0.25, 0.3) is 0 Å². The lowest BCUT2D eigenvalue weighted by Gasteiger charge is -2.31. The average Bonchev–Trinajstić information content (AvgIpc) is 3.71. The third kappa shape index (κ3) is 3.65. The van der Waals surface area contributed by atoms with Gasteiger partial charge in [0.05, 0.1) is 23.3 Å². The molecule has 2 saturated heterocycles. The van der Waals surface area contributed by atoms with Crippen LogP contribution in [0.5, 0.6) is 0 Å². The monoisotopic (exact) mass is 584 g/mol. The first-order valence-corrected chi connectivity index (χ1v) is 14.3. The fourth-order valence-electron chi connectivity index (χ4n) is 5.37. The number of benzene rings is 2. The number of carbonyl (C=O) groups is 2. The first kappa shape index (κ1) is 24.0. The molecule has 1 spiro atoms. The minimum Gasteiger partial charge on any atom is -0.459 e. The van der Waals surface area contributed by atoms with Crippen molar-refractivity contribution in [1.82, 2.24) is 0 Å². The van der Waals surface area contributed by atoms with Crippen LogP contribution in [0.3, 0.4) is 0 Å². The Morgan fingerprint density at radius 3 is 2.37 bits per heavy atom. The fourth-order valence-corrected chi connectivity index (χ4v) is 8.11. The maximum Gasteiger partial charge on any atom is 0.356 e. The Morgan fingerprint density at radius 1 is 1.03 bits per heavy atom. The fraction of sp³-hybridized carbons (Fsp3) is 0.231. The summed E-state index contributed by atoms with van der Waals surface area (Å²) in [6.07, 6.45) is 0. The zero-order valence-electron chi connectivity index (χ0n) is 19.5. The lowest BCUT2D eigenvalue weighted by molar-refractivity contribution is -0.137. The normalized spacial score (nSPS) is 27.0. The molecule has 5 heterocycles. The van der Waals surface area contributed by atoms with Gasteiger partial charge in [-0.15, -0.1) is 23.1 Å². The van der Waals surface area contributed by atoms with Crippen molar-refractivity contribution in [2.75, 3.05) is 16.6 Å². The van der Waals surface area contributed by atoms with Gasteiger partial charge in [0, 0.05) is 14.9 Å². The van der Waals surface area contributed by atoms with Gasteiger partial charge in [-0.3, -0.25) is 10.0 Å². The van der Waals surface area contributed by atoms with Crippen LogP contribution in [0.1, 0.15) is 4.88 Å². The summed E-state index contributed by atoms with van der Waals surface area (Å²) in [5.74, 6) is -1.38. The number of hydrazone groups is 2. The minimum atomic E-state index is -0.772. The lowest BCUT2D eigenvalue weighted by atomic mass is 9.84. The third-order valence-corrected chi connectivity index (χ3v) is 10.1. The van der Waals surface area contributed by atoms with Crippen molar-refractivity contribution in [2.45, 2.75) is 22.8 Å². The predicted molar refractivity (Wildman–Crippen MR) is 149 cm³/mol. The van der Waals surface area contributed by atoms with E-state index in [0.717, 1.165) is 16.3 Å². The van der Waals surface area contributed by atoms with Gasteiger partial charge in [-0.25, -0.2) is 9.59 Å². The second-order valence-corrected chi connectivity index (χ2v) is 12.5. The minimum absolute atomic E-state index is 0.154. The predicted octanol–water partition coefficient (Wildman–Crippen LogP) is 5.20. The summed E-state index contributed by atoms with van der Waals surface area (Å²) >= 11 is 15.4. The Balaban J connectivity index is 1.31. The quantitative estimate of drug-likeness (QED) is 0.381. The Labute approximate surface area is 235 Å². The van der Waals surface area contributed by atoms with Crippen molar-refractivity contribution < 1.29 is 19.1 Å². The topological polar surface area (TPSA) is 83.8 Å². The van der Waals surface area contributed by atoms with Crippen molar-refractivity contribution in [2.24, 2.45) is 16.1 Å². The number of anilines is 2. The van der Waals surface area contributed by atoms with E-state index in [1.807, 2.05) is 51.8 Å². The van der Waals surface area contributed by atoms with E-state index in [4.69, 9.17) is 42.9 Å². The van der Waals surface area contributed by atoms with Crippen LogP contribution in [0.15, 0.2) is 76.2 Å². The first-order valence-electron chi connectivity index (χ1n) is 11.8. The van der Waals surface area contributed by atoms with Gasteiger partial charge in [-0.05, 0) is 60.0 Å². The van der Waals surface area contributed by atoms with Gasteiger partial charge < -0.3 is 9.47 Å². The van der Waals surface area contributed by atoms with Crippen LogP contribution in [0.25, 0.3) is 0 Å². The highest BCUT2D eigenvalue weighted by molar-refractivity contribution is 8.02. The van der Waals surface area contributed by atoms with E-state index in [-0.39, 0.29) is 24.3 Å². The zero-order valence-corrected chi connectivity index (χ0v) is 22.6. The molecule has 3 aromatic rings. The first-order chi connectivity index (χ1) is 18.4. The van der Waals surface area contributed by atoms with Gasteiger partial charge in [-0.2, -0.15) is 10.2 Å². The molecular formula is C26H18Cl2N4O4S2. The molecule has 4 aliphatic rings. The Morgan fingerprint density at radius 2 is 1.71 bits per heavy atom. The Bertz CT molecular complexity index is 1500. The highest BCUT2D eigenvalue weighted by atomic mass is 35.5. The van der Waals surface area contributed by atoms with Crippen LogP contribution in [0.2, 0.25) is 10.0 Å². The molecule has 0 amide bonds. The van der Waals surface area contributed by atoms with E-state index < -0.39 is 28.6 Å². The second kappa shape index (κ2) is 9.01. The van der Waals surface area contributed by atoms with E-state index in [9.17, 15) is 9.59 Å². The van der Waals surface area contributed by atoms with Crippen LogP contribution in [-0.2, 0) is 25.7 Å². The number of thioether (sulfide) groups is 1. The average molecular weight is 585 g/mol. The summed E-state index contributed by atoms with van der Waals surface area (Å²) in [5, 5.41) is 16.0. The number of fused-ring (bicyclic) bond motifs is 2. The summed E-state index contributed by atoms with van der Waals surface area (Å²) in [6.45, 7) is 0.310. The summed E-state index contributed by atoms with van der Waals surface area (Å²) in [6, 6.07) is 17.9. The molecule has 2 fully saturated rings. The number of ether oxygens (including phenoxy) is 2. The molecule has 4 aliphatic heterocycles. The molecule has 7 rings (SSSR count). The van der Waals surface area contributed by atoms with Gasteiger partial charge in [0.2, 0.25) is 0 Å². The molecule has 0 saturated carbocycles. The van der Waals surface area contributed by atoms with Crippen LogP contribution < -0.4 is 10.0 Å². The van der Waals surface area contributed by atoms with Crippen LogP contribution in [0.4, 0.5) is 11.4 Å². The van der Waals surface area contributed by atoms with Crippen molar-refractivity contribution >= 4 is 81.0 Å². The molecule has 1 aromatic heterocycles. The number of nitrogens with zero attached hydrogens (tertiary/aromatic N) is 4. The highest BCUT2D eigenvalue weighted by Gasteiger charge is 2.72. The molecule has 0 radical (unpaired) electrons. The third-order valence-electron chi connectivity index (χ3n) is 7.03. The summed E-state index contributed by atoms with van der Waals surface area (Å²) in [4.78, 5) is 27.3. The van der Waals surface area contributed by atoms with Crippen molar-refractivity contribution in [3.05, 3.63) is 81.0 Å². The molecule has 2 aromatic carbocycles. The molecule has 0 aliphatic carbocycles. The van der Waals surface area contributed by atoms with Gasteiger partial charge >= 0.3 is 11.9 Å². The van der Waals surface area contributed by atoms with Crippen LogP contribution in [0, 0.1) is 5.92 Å². The Hall–Kier alpha value is -3.05. The molecule has 38 heavy (non-hydrogen) atoms. The molecule has 0 unspecified atom stereocenters. The smallest absolute Gasteiger partial charge is 0.356 e. The molecule has 192 valence electrons. The second-order valence-electron chi connectivity index (χ2n) is 9.18. The Kier molecular flexibility index (Phi) is 5.70. The largest absolute Gasteiger partial charge is 0.459 e. The number of thiophene rings is 1. The maximum absolute atomic E-state index is 13.6.